The minimum Gasteiger partial charge on any atom is -0.468 e. The molecule has 2 aromatic rings. The first-order valence-electron chi connectivity index (χ1n) is 11.4. The van der Waals surface area contributed by atoms with Crippen molar-refractivity contribution >= 4 is 17.5 Å². The first-order chi connectivity index (χ1) is 15.6. The second-order valence-electron chi connectivity index (χ2n) is 8.59. The molecule has 0 radical (unpaired) electrons. The molecule has 7 nitrogen and oxygen atoms in total. The number of anilines is 1. The molecule has 170 valence electrons. The van der Waals surface area contributed by atoms with Crippen molar-refractivity contribution in [2.75, 3.05) is 51.3 Å². The molecule has 2 saturated heterocycles. The summed E-state index contributed by atoms with van der Waals surface area (Å²) >= 11 is 0. The summed E-state index contributed by atoms with van der Waals surface area (Å²) in [5.41, 5.74) is 8.52. The summed E-state index contributed by atoms with van der Waals surface area (Å²) in [5, 5.41) is 7.54. The van der Waals surface area contributed by atoms with E-state index in [4.69, 9.17) is 15.9 Å². The number of nitrogens with zero attached hydrogens (tertiary/aromatic N) is 3. The molecule has 0 aliphatic carbocycles. The van der Waals surface area contributed by atoms with Crippen molar-refractivity contribution in [3.8, 4) is 0 Å². The summed E-state index contributed by atoms with van der Waals surface area (Å²) in [5.74, 6) is -0.0755. The number of piperidine rings is 1. The number of carbonyl (C=O) groups is 1. The molecule has 2 heterocycles. The van der Waals surface area contributed by atoms with E-state index in [2.05, 4.69) is 26.8 Å². The summed E-state index contributed by atoms with van der Waals surface area (Å²) in [7, 11) is 1.47. The monoisotopic (exact) mass is 435 g/mol. The topological polar surface area (TPSA) is 85.9 Å². The lowest BCUT2D eigenvalue weighted by Crippen LogP contribution is -2.54. The Balaban J connectivity index is 1.31. The summed E-state index contributed by atoms with van der Waals surface area (Å²) in [6.45, 7) is 5.86. The number of ether oxygens (including phenoxy) is 1. The summed E-state index contributed by atoms with van der Waals surface area (Å²) in [6.07, 6.45) is 2.13. The minimum atomic E-state index is -0.322. The van der Waals surface area contributed by atoms with Crippen LogP contribution in [0.5, 0.6) is 0 Å². The molecule has 0 amide bonds. The van der Waals surface area contributed by atoms with Crippen LogP contribution in [0.25, 0.3) is 0 Å². The Hall–Kier alpha value is -2.90. The van der Waals surface area contributed by atoms with Crippen LogP contribution in [0.3, 0.4) is 0 Å². The van der Waals surface area contributed by atoms with Crippen molar-refractivity contribution in [2.45, 2.75) is 24.9 Å². The number of carbonyl (C=O) groups excluding carboxylic acids is 1. The fourth-order valence-electron chi connectivity index (χ4n) is 4.95. The molecule has 2 aromatic carbocycles. The number of hydrogen-bond acceptors (Lipinski definition) is 6. The van der Waals surface area contributed by atoms with Crippen LogP contribution in [0.2, 0.25) is 0 Å². The predicted molar refractivity (Wildman–Crippen MR) is 127 cm³/mol. The highest BCUT2D eigenvalue weighted by molar-refractivity contribution is 5.95. The normalized spacial score (nSPS) is 19.5. The third-order valence-electron chi connectivity index (χ3n) is 6.78. The van der Waals surface area contributed by atoms with Crippen molar-refractivity contribution in [2.24, 2.45) is 5.73 Å². The lowest BCUT2D eigenvalue weighted by Gasteiger charge is -2.44. The van der Waals surface area contributed by atoms with E-state index in [0.29, 0.717) is 6.04 Å². The van der Waals surface area contributed by atoms with Crippen molar-refractivity contribution in [1.29, 1.82) is 5.41 Å². The molecule has 32 heavy (non-hydrogen) atoms. The molecule has 3 N–H and O–H groups in total. The van der Waals surface area contributed by atoms with Gasteiger partial charge in [-0.15, -0.1) is 0 Å². The predicted octanol–water partition coefficient (Wildman–Crippen LogP) is 2.47. The van der Waals surface area contributed by atoms with E-state index in [-0.39, 0.29) is 17.8 Å². The van der Waals surface area contributed by atoms with Crippen molar-refractivity contribution in [1.82, 2.24) is 9.80 Å². The zero-order chi connectivity index (χ0) is 22.5. The van der Waals surface area contributed by atoms with Gasteiger partial charge in [-0.3, -0.25) is 15.2 Å². The van der Waals surface area contributed by atoms with Crippen LogP contribution in [0.15, 0.2) is 54.6 Å². The number of nitrogens with two attached hydrogens (primary N) is 1. The van der Waals surface area contributed by atoms with Crippen molar-refractivity contribution in [3.05, 3.63) is 65.7 Å². The molecular formula is C25H33N5O2. The minimum absolute atomic E-state index is 0.106. The second-order valence-corrected chi connectivity index (χ2v) is 8.59. The molecule has 0 aromatic heterocycles. The zero-order valence-electron chi connectivity index (χ0n) is 18.7. The van der Waals surface area contributed by atoms with Gasteiger partial charge in [0.15, 0.2) is 0 Å². The lowest BCUT2D eigenvalue weighted by molar-refractivity contribution is -0.148. The Labute approximate surface area is 190 Å². The van der Waals surface area contributed by atoms with E-state index in [0.717, 1.165) is 63.2 Å². The number of methoxy groups -OCH3 is 1. The van der Waals surface area contributed by atoms with E-state index < -0.39 is 0 Å². The van der Waals surface area contributed by atoms with Crippen molar-refractivity contribution in [3.63, 3.8) is 0 Å². The van der Waals surface area contributed by atoms with Crippen LogP contribution in [-0.2, 0) is 9.53 Å². The SMILES string of the molecule is COC(=O)C(c1ccccc1)N1CCC(N2CCN(c3ccc(C(=N)N)cc3)CC2)CC1. The van der Waals surface area contributed by atoms with Crippen LogP contribution in [0.4, 0.5) is 5.69 Å². The van der Waals surface area contributed by atoms with Crippen LogP contribution < -0.4 is 10.6 Å². The molecule has 2 fully saturated rings. The summed E-state index contributed by atoms with van der Waals surface area (Å²) in [4.78, 5) is 19.8. The maximum atomic E-state index is 12.5. The molecule has 1 unspecified atom stereocenters. The molecule has 2 aliphatic rings. The fourth-order valence-corrected chi connectivity index (χ4v) is 4.95. The number of likely N-dealkylation sites (tertiary alicyclic amines) is 1. The molecule has 0 spiro atoms. The van der Waals surface area contributed by atoms with E-state index in [1.165, 1.54) is 12.8 Å². The van der Waals surface area contributed by atoms with Gasteiger partial charge in [0.1, 0.15) is 11.9 Å². The van der Waals surface area contributed by atoms with Gasteiger partial charge in [0.25, 0.3) is 0 Å². The van der Waals surface area contributed by atoms with Gasteiger partial charge in [0, 0.05) is 56.6 Å². The standard InChI is InChI=1S/C25H33N5O2/c1-32-25(31)23(19-5-3-2-4-6-19)30-13-11-22(12-14-30)29-17-15-28(16-18-29)21-9-7-20(8-10-21)24(26)27/h2-10,22-23H,11-18H2,1H3,(H3,26,27). The maximum Gasteiger partial charge on any atom is 0.327 e. The van der Waals surface area contributed by atoms with Gasteiger partial charge in [0.05, 0.1) is 7.11 Å². The molecule has 4 rings (SSSR count). The first-order valence-corrected chi connectivity index (χ1v) is 11.4. The first kappa shape index (κ1) is 22.3. The van der Waals surface area contributed by atoms with Crippen LogP contribution in [0.1, 0.15) is 30.0 Å². The average molecular weight is 436 g/mol. The van der Waals surface area contributed by atoms with E-state index in [1.54, 1.807) is 0 Å². The lowest BCUT2D eigenvalue weighted by atomic mass is 9.97. The molecular weight excluding hydrogens is 402 g/mol. The van der Waals surface area contributed by atoms with E-state index >= 15 is 0 Å². The van der Waals surface area contributed by atoms with Crippen molar-refractivity contribution < 1.29 is 9.53 Å². The van der Waals surface area contributed by atoms with E-state index in [9.17, 15) is 4.79 Å². The van der Waals surface area contributed by atoms with Gasteiger partial charge >= 0.3 is 5.97 Å². The number of esters is 1. The van der Waals surface area contributed by atoms with Crippen LogP contribution >= 0.6 is 0 Å². The number of piperazine rings is 1. The smallest absolute Gasteiger partial charge is 0.327 e. The second kappa shape index (κ2) is 10.1. The Bertz CT molecular complexity index is 902. The largest absolute Gasteiger partial charge is 0.468 e. The van der Waals surface area contributed by atoms with Crippen LogP contribution in [-0.4, -0.2) is 74.0 Å². The zero-order valence-corrected chi connectivity index (χ0v) is 18.7. The highest BCUT2D eigenvalue weighted by atomic mass is 16.5. The Morgan fingerprint density at radius 1 is 0.969 bits per heavy atom. The van der Waals surface area contributed by atoms with Gasteiger partial charge < -0.3 is 15.4 Å². The molecule has 0 bridgehead atoms. The average Bonchev–Trinajstić information content (AvgIpc) is 2.85. The van der Waals surface area contributed by atoms with Gasteiger partial charge in [-0.1, -0.05) is 30.3 Å². The Morgan fingerprint density at radius 2 is 1.59 bits per heavy atom. The third-order valence-corrected chi connectivity index (χ3v) is 6.78. The van der Waals surface area contributed by atoms with Gasteiger partial charge in [0.2, 0.25) is 0 Å². The number of amidine groups is 1. The third kappa shape index (κ3) is 4.95. The van der Waals surface area contributed by atoms with E-state index in [1.807, 2.05) is 42.5 Å². The highest BCUT2D eigenvalue weighted by Gasteiger charge is 2.34. The molecule has 7 heteroatoms. The quantitative estimate of drug-likeness (QED) is 0.412. The fraction of sp³-hybridized carbons (Fsp3) is 0.440. The molecule has 2 aliphatic heterocycles. The van der Waals surface area contributed by atoms with Crippen LogP contribution in [0, 0.1) is 5.41 Å². The summed E-state index contributed by atoms with van der Waals surface area (Å²) < 4.78 is 5.12. The number of rotatable bonds is 6. The summed E-state index contributed by atoms with van der Waals surface area (Å²) in [6, 6.07) is 18.1. The Kier molecular flexibility index (Phi) is 7.07. The number of nitrogen functional groups attached to an aromatic ring is 1. The molecule has 0 saturated carbocycles. The number of nitrogens with one attached hydrogen (secondary N) is 1. The van der Waals surface area contributed by atoms with Gasteiger partial charge in [-0.05, 0) is 42.7 Å². The Morgan fingerprint density at radius 3 is 2.16 bits per heavy atom. The highest BCUT2D eigenvalue weighted by Crippen LogP contribution is 2.28. The molecule has 1 atom stereocenters. The van der Waals surface area contributed by atoms with Gasteiger partial charge in [-0.25, -0.2) is 4.79 Å². The number of benzene rings is 2. The number of hydrogen-bond donors (Lipinski definition) is 2. The van der Waals surface area contributed by atoms with Gasteiger partial charge in [-0.2, -0.15) is 0 Å². The maximum absolute atomic E-state index is 12.5.